The van der Waals surface area contributed by atoms with Crippen LogP contribution in [0.4, 0.5) is 4.79 Å². The summed E-state index contributed by atoms with van der Waals surface area (Å²) in [5.74, 6) is 0.238. The van der Waals surface area contributed by atoms with Crippen molar-refractivity contribution < 1.29 is 14.3 Å². The van der Waals surface area contributed by atoms with Gasteiger partial charge in [-0.1, -0.05) is 18.2 Å². The van der Waals surface area contributed by atoms with Crippen LogP contribution in [-0.2, 0) is 4.74 Å². The largest absolute Gasteiger partial charge is 0.444 e. The third-order valence-electron chi connectivity index (χ3n) is 5.55. The summed E-state index contributed by atoms with van der Waals surface area (Å²) in [6.45, 7) is 11.3. The molecule has 2 amide bonds. The average molecular weight is 427 g/mol. The molecule has 7 heteroatoms. The molecule has 31 heavy (non-hydrogen) atoms. The molecule has 7 nitrogen and oxygen atoms in total. The highest BCUT2D eigenvalue weighted by Gasteiger charge is 2.30. The van der Waals surface area contributed by atoms with Crippen molar-refractivity contribution in [2.45, 2.75) is 53.1 Å². The lowest BCUT2D eigenvalue weighted by Crippen LogP contribution is -2.45. The number of carbonyl (C=O) groups excluding carboxylic acids is 2. The van der Waals surface area contributed by atoms with Gasteiger partial charge in [0.25, 0.3) is 5.91 Å². The lowest BCUT2D eigenvalue weighted by atomic mass is 9.96. The van der Waals surface area contributed by atoms with E-state index >= 15 is 0 Å². The summed E-state index contributed by atoms with van der Waals surface area (Å²) in [5, 5.41) is 4.62. The number of ether oxygens (including phenoxy) is 1. The maximum absolute atomic E-state index is 13.4. The van der Waals surface area contributed by atoms with Gasteiger partial charge in [0.05, 0.1) is 22.6 Å². The third kappa shape index (κ3) is 5.46. The van der Waals surface area contributed by atoms with Crippen LogP contribution in [0.15, 0.2) is 30.3 Å². The number of likely N-dealkylation sites (tertiary alicyclic amines) is 1. The van der Waals surface area contributed by atoms with Gasteiger partial charge in [-0.15, -0.1) is 0 Å². The van der Waals surface area contributed by atoms with Gasteiger partial charge in [0.1, 0.15) is 5.60 Å². The monoisotopic (exact) mass is 426 g/mol. The first-order valence-electron chi connectivity index (χ1n) is 10.9. The van der Waals surface area contributed by atoms with E-state index < -0.39 is 5.60 Å². The van der Waals surface area contributed by atoms with E-state index in [9.17, 15) is 9.59 Å². The molecular formula is C24H34N4O3. The maximum atomic E-state index is 13.4. The van der Waals surface area contributed by atoms with Gasteiger partial charge in [0.15, 0.2) is 0 Å². The Morgan fingerprint density at radius 2 is 1.87 bits per heavy atom. The molecule has 2 aromatic rings. The molecule has 1 aliphatic rings. The molecule has 0 bridgehead atoms. The van der Waals surface area contributed by atoms with Crippen molar-refractivity contribution in [2.75, 3.05) is 26.7 Å². The Balaban J connectivity index is 1.70. The number of piperidine rings is 1. The van der Waals surface area contributed by atoms with Gasteiger partial charge in [0, 0.05) is 26.7 Å². The molecule has 0 radical (unpaired) electrons. The van der Waals surface area contributed by atoms with Crippen LogP contribution in [0.1, 0.15) is 55.4 Å². The summed E-state index contributed by atoms with van der Waals surface area (Å²) in [4.78, 5) is 29.2. The second-order valence-corrected chi connectivity index (χ2v) is 9.41. The van der Waals surface area contributed by atoms with Crippen LogP contribution >= 0.6 is 0 Å². The summed E-state index contributed by atoms with van der Waals surface area (Å²) in [6.07, 6.45) is 1.58. The van der Waals surface area contributed by atoms with Crippen LogP contribution in [0, 0.1) is 19.8 Å². The number of nitrogens with zero attached hydrogens (tertiary/aromatic N) is 4. The van der Waals surface area contributed by atoms with Crippen molar-refractivity contribution in [3.63, 3.8) is 0 Å². The van der Waals surface area contributed by atoms with Crippen LogP contribution in [0.3, 0.4) is 0 Å². The van der Waals surface area contributed by atoms with E-state index in [-0.39, 0.29) is 17.9 Å². The van der Waals surface area contributed by atoms with Crippen molar-refractivity contribution in [3.8, 4) is 5.69 Å². The van der Waals surface area contributed by atoms with Gasteiger partial charge in [-0.2, -0.15) is 5.10 Å². The molecule has 0 spiro atoms. The number of amides is 2. The fourth-order valence-corrected chi connectivity index (χ4v) is 4.13. The van der Waals surface area contributed by atoms with Gasteiger partial charge >= 0.3 is 6.09 Å². The molecule has 1 saturated heterocycles. The van der Waals surface area contributed by atoms with Crippen molar-refractivity contribution in [1.82, 2.24) is 19.6 Å². The van der Waals surface area contributed by atoms with Crippen molar-refractivity contribution >= 4 is 12.0 Å². The van der Waals surface area contributed by atoms with E-state index in [1.165, 1.54) is 0 Å². The Morgan fingerprint density at radius 1 is 1.19 bits per heavy atom. The first kappa shape index (κ1) is 22.8. The SMILES string of the molecule is Cc1nn(-c2ccccc2)c(C)c1C(=O)N1CCC[C@H](CN(C)C(=O)OC(C)(C)C)C1. The lowest BCUT2D eigenvalue weighted by molar-refractivity contribution is 0.0244. The van der Waals surface area contributed by atoms with Crippen LogP contribution in [0.5, 0.6) is 0 Å². The molecule has 3 rings (SSSR count). The highest BCUT2D eigenvalue weighted by molar-refractivity contribution is 5.96. The molecule has 0 aliphatic carbocycles. The second-order valence-electron chi connectivity index (χ2n) is 9.41. The Labute approximate surface area is 185 Å². The number of rotatable bonds is 4. The number of benzene rings is 1. The molecule has 1 aromatic carbocycles. The Kier molecular flexibility index (Phi) is 6.72. The topological polar surface area (TPSA) is 67.7 Å². The van der Waals surface area contributed by atoms with Crippen molar-refractivity contribution in [2.24, 2.45) is 5.92 Å². The fraction of sp³-hybridized carbons (Fsp3) is 0.542. The van der Waals surface area contributed by atoms with Crippen LogP contribution < -0.4 is 0 Å². The highest BCUT2D eigenvalue weighted by atomic mass is 16.6. The lowest BCUT2D eigenvalue weighted by Gasteiger charge is -2.35. The normalized spacial score (nSPS) is 16.8. The first-order chi connectivity index (χ1) is 14.6. The van der Waals surface area contributed by atoms with E-state index in [1.807, 2.05) is 74.5 Å². The molecule has 2 heterocycles. The fourth-order valence-electron chi connectivity index (χ4n) is 4.13. The van der Waals surface area contributed by atoms with Crippen LogP contribution in [-0.4, -0.2) is 63.9 Å². The molecule has 168 valence electrons. The van der Waals surface area contributed by atoms with Crippen molar-refractivity contribution in [3.05, 3.63) is 47.3 Å². The van der Waals surface area contributed by atoms with E-state index in [4.69, 9.17) is 4.74 Å². The summed E-state index contributed by atoms with van der Waals surface area (Å²) >= 11 is 0. The first-order valence-corrected chi connectivity index (χ1v) is 10.9. The number of aryl methyl sites for hydroxylation is 1. The van der Waals surface area contributed by atoms with E-state index in [1.54, 1.807) is 11.9 Å². The Morgan fingerprint density at radius 3 is 2.52 bits per heavy atom. The zero-order chi connectivity index (χ0) is 22.8. The summed E-state index contributed by atoms with van der Waals surface area (Å²) in [5.41, 5.74) is 2.68. The standard InChI is InChI=1S/C24H34N4O3/c1-17-21(18(2)28(25-17)20-12-8-7-9-13-20)22(29)27-14-10-11-19(16-27)15-26(6)23(30)31-24(3,4)5/h7-9,12-13,19H,10-11,14-16H2,1-6H3/t19-/m1/s1. The average Bonchev–Trinajstić information content (AvgIpc) is 3.01. The highest BCUT2D eigenvalue weighted by Crippen LogP contribution is 2.24. The summed E-state index contributed by atoms with van der Waals surface area (Å²) < 4.78 is 7.29. The van der Waals surface area contributed by atoms with Crippen LogP contribution in [0.25, 0.3) is 5.69 Å². The molecule has 0 N–H and O–H groups in total. The minimum absolute atomic E-state index is 0.0156. The van der Waals surface area contributed by atoms with Gasteiger partial charge < -0.3 is 14.5 Å². The van der Waals surface area contributed by atoms with Gasteiger partial charge in [-0.25, -0.2) is 9.48 Å². The van der Waals surface area contributed by atoms with E-state index in [0.29, 0.717) is 18.7 Å². The zero-order valence-electron chi connectivity index (χ0n) is 19.5. The maximum Gasteiger partial charge on any atom is 0.410 e. The Hall–Kier alpha value is -2.83. The predicted molar refractivity (Wildman–Crippen MR) is 121 cm³/mol. The number of hydrogen-bond acceptors (Lipinski definition) is 4. The van der Waals surface area contributed by atoms with Crippen molar-refractivity contribution in [1.29, 1.82) is 0 Å². The molecule has 1 fully saturated rings. The van der Waals surface area contributed by atoms with E-state index in [2.05, 4.69) is 5.10 Å². The number of hydrogen-bond donors (Lipinski definition) is 0. The summed E-state index contributed by atoms with van der Waals surface area (Å²) in [7, 11) is 1.76. The smallest absolute Gasteiger partial charge is 0.410 e. The van der Waals surface area contributed by atoms with Gasteiger partial charge in [-0.3, -0.25) is 4.79 Å². The second kappa shape index (κ2) is 9.12. The number of para-hydroxylation sites is 1. The van der Waals surface area contributed by atoms with Gasteiger partial charge in [-0.05, 0) is 65.5 Å². The predicted octanol–water partition coefficient (Wildman–Crippen LogP) is 4.21. The third-order valence-corrected chi connectivity index (χ3v) is 5.55. The number of aromatic nitrogens is 2. The quantitative estimate of drug-likeness (QED) is 0.735. The minimum Gasteiger partial charge on any atom is -0.444 e. The molecule has 1 aliphatic heterocycles. The molecule has 1 atom stereocenters. The molecule has 0 unspecified atom stereocenters. The van der Waals surface area contributed by atoms with Crippen LogP contribution in [0.2, 0.25) is 0 Å². The Bertz CT molecular complexity index is 930. The van der Waals surface area contributed by atoms with Gasteiger partial charge in [0.2, 0.25) is 0 Å². The molecule has 0 saturated carbocycles. The van der Waals surface area contributed by atoms with E-state index in [0.717, 1.165) is 36.5 Å². The zero-order valence-corrected chi connectivity index (χ0v) is 19.5. The number of carbonyl (C=O) groups is 2. The molecular weight excluding hydrogens is 392 g/mol. The summed E-state index contributed by atoms with van der Waals surface area (Å²) in [6, 6.07) is 9.85. The molecule has 1 aromatic heterocycles. The minimum atomic E-state index is -0.520.